The molecule has 2 heterocycles. The third-order valence-electron chi connectivity index (χ3n) is 3.44. The molecule has 1 N–H and O–H groups in total. The molecule has 0 saturated carbocycles. The van der Waals surface area contributed by atoms with Crippen molar-refractivity contribution in [1.82, 2.24) is 25.1 Å². The van der Waals surface area contributed by atoms with Gasteiger partial charge in [0.25, 0.3) is 0 Å². The van der Waals surface area contributed by atoms with Crippen LogP contribution in [0.25, 0.3) is 0 Å². The summed E-state index contributed by atoms with van der Waals surface area (Å²) in [5, 5.41) is 3.30. The maximum absolute atomic E-state index is 4.68. The number of nitrogens with one attached hydrogen (secondary N) is 1. The van der Waals surface area contributed by atoms with E-state index < -0.39 is 0 Å². The maximum Gasteiger partial charge on any atom is 0.146 e. The Hall–Kier alpha value is -1.04. The summed E-state index contributed by atoms with van der Waals surface area (Å²) in [5.74, 6) is 0.944. The lowest BCUT2D eigenvalue weighted by Gasteiger charge is -2.36. The molecular weight excluding hydrogens is 226 g/mol. The largest absolute Gasteiger partial charge is 0.311 e. The van der Waals surface area contributed by atoms with E-state index in [1.165, 1.54) is 0 Å². The molecule has 0 aliphatic carbocycles. The normalized spacial score (nSPS) is 22.3. The summed E-state index contributed by atoms with van der Waals surface area (Å²) in [4.78, 5) is 13.8. The highest BCUT2D eigenvalue weighted by Gasteiger charge is 2.25. The zero-order chi connectivity index (χ0) is 13.0. The van der Waals surface area contributed by atoms with Crippen LogP contribution in [-0.2, 0) is 6.54 Å². The molecule has 1 unspecified atom stereocenters. The zero-order valence-corrected chi connectivity index (χ0v) is 11.6. The number of hydrogen-bond acceptors (Lipinski definition) is 5. The lowest BCUT2D eigenvalue weighted by Crippen LogP contribution is -2.45. The van der Waals surface area contributed by atoms with Crippen molar-refractivity contribution < 1.29 is 0 Å². The maximum atomic E-state index is 4.68. The highest BCUT2D eigenvalue weighted by molar-refractivity contribution is 5.06. The Kier molecular flexibility index (Phi) is 4.63. The fraction of sp³-hybridized carbons (Fsp3) is 0.692. The highest BCUT2D eigenvalue weighted by Crippen LogP contribution is 2.20. The zero-order valence-electron chi connectivity index (χ0n) is 11.6. The molecule has 1 aromatic heterocycles. The Morgan fingerprint density at radius 3 is 3.00 bits per heavy atom. The fourth-order valence-electron chi connectivity index (χ4n) is 2.21. The van der Waals surface area contributed by atoms with Gasteiger partial charge in [-0.2, -0.15) is 0 Å². The summed E-state index contributed by atoms with van der Waals surface area (Å²) in [6.45, 7) is 7.07. The molecule has 100 valence electrons. The van der Waals surface area contributed by atoms with E-state index in [1.807, 2.05) is 12.3 Å². The van der Waals surface area contributed by atoms with Gasteiger partial charge in [-0.15, -0.1) is 0 Å². The van der Waals surface area contributed by atoms with Gasteiger partial charge in [0.05, 0.1) is 11.7 Å². The van der Waals surface area contributed by atoms with Crippen molar-refractivity contribution >= 4 is 0 Å². The molecule has 1 aliphatic heterocycles. The van der Waals surface area contributed by atoms with Crippen LogP contribution in [-0.4, -0.2) is 60.0 Å². The first kappa shape index (κ1) is 13.4. The average Bonchev–Trinajstić information content (AvgIpc) is 2.39. The van der Waals surface area contributed by atoms with Gasteiger partial charge in [0.2, 0.25) is 0 Å². The summed E-state index contributed by atoms with van der Waals surface area (Å²) in [7, 11) is 4.31. The first-order chi connectivity index (χ1) is 8.70. The quantitative estimate of drug-likeness (QED) is 0.842. The Morgan fingerprint density at radius 1 is 1.39 bits per heavy atom. The van der Waals surface area contributed by atoms with Gasteiger partial charge in [0, 0.05) is 32.4 Å². The van der Waals surface area contributed by atoms with E-state index in [2.05, 4.69) is 46.1 Å². The van der Waals surface area contributed by atoms with Crippen molar-refractivity contribution in [3.8, 4) is 0 Å². The van der Waals surface area contributed by atoms with Gasteiger partial charge in [-0.1, -0.05) is 6.92 Å². The molecule has 1 fully saturated rings. The molecule has 0 radical (unpaired) electrons. The van der Waals surface area contributed by atoms with Crippen molar-refractivity contribution in [2.45, 2.75) is 19.5 Å². The average molecular weight is 249 g/mol. The summed E-state index contributed by atoms with van der Waals surface area (Å²) in [5.41, 5.74) is 1.07. The number of aromatic nitrogens is 2. The third kappa shape index (κ3) is 3.25. The van der Waals surface area contributed by atoms with Crippen molar-refractivity contribution in [2.75, 3.05) is 40.3 Å². The number of piperazine rings is 1. The molecule has 1 atom stereocenters. The minimum Gasteiger partial charge on any atom is -0.311 e. The molecule has 1 saturated heterocycles. The SMILES string of the molecule is CCNCc1ccnc(C2CN(C)CCN2C)n1. The summed E-state index contributed by atoms with van der Waals surface area (Å²) < 4.78 is 0. The monoisotopic (exact) mass is 249 g/mol. The van der Waals surface area contributed by atoms with Crippen LogP contribution in [0.3, 0.4) is 0 Å². The van der Waals surface area contributed by atoms with Gasteiger partial charge < -0.3 is 10.2 Å². The Balaban J connectivity index is 2.11. The van der Waals surface area contributed by atoms with Crippen LogP contribution >= 0.6 is 0 Å². The molecule has 0 amide bonds. The molecule has 0 bridgehead atoms. The standard InChI is InChI=1S/C13H23N5/c1-4-14-9-11-5-6-15-13(16-11)12-10-17(2)7-8-18(12)3/h5-6,12,14H,4,7-10H2,1-3H3. The number of rotatable bonds is 4. The second kappa shape index (κ2) is 6.22. The van der Waals surface area contributed by atoms with E-state index in [-0.39, 0.29) is 0 Å². The predicted octanol–water partition coefficient (Wildman–Crippen LogP) is 0.504. The van der Waals surface area contributed by atoms with E-state index in [0.29, 0.717) is 6.04 Å². The molecule has 0 spiro atoms. The minimum atomic E-state index is 0.310. The molecule has 5 nitrogen and oxygen atoms in total. The highest BCUT2D eigenvalue weighted by atomic mass is 15.3. The molecule has 1 aliphatic rings. The van der Waals surface area contributed by atoms with Crippen LogP contribution in [0.15, 0.2) is 12.3 Å². The van der Waals surface area contributed by atoms with Gasteiger partial charge >= 0.3 is 0 Å². The Labute approximate surface area is 109 Å². The van der Waals surface area contributed by atoms with Gasteiger partial charge in [-0.25, -0.2) is 9.97 Å². The molecular formula is C13H23N5. The lowest BCUT2D eigenvalue weighted by atomic mass is 10.1. The van der Waals surface area contributed by atoms with Crippen LogP contribution < -0.4 is 5.32 Å². The van der Waals surface area contributed by atoms with Crippen molar-refractivity contribution in [3.05, 3.63) is 23.8 Å². The molecule has 5 heteroatoms. The smallest absolute Gasteiger partial charge is 0.146 e. The van der Waals surface area contributed by atoms with Crippen molar-refractivity contribution in [2.24, 2.45) is 0 Å². The lowest BCUT2D eigenvalue weighted by molar-refractivity contribution is 0.109. The fourth-order valence-corrected chi connectivity index (χ4v) is 2.21. The predicted molar refractivity (Wildman–Crippen MR) is 72.3 cm³/mol. The van der Waals surface area contributed by atoms with Crippen LogP contribution in [0.5, 0.6) is 0 Å². The van der Waals surface area contributed by atoms with Gasteiger partial charge in [0.15, 0.2) is 0 Å². The van der Waals surface area contributed by atoms with Crippen molar-refractivity contribution in [1.29, 1.82) is 0 Å². The van der Waals surface area contributed by atoms with Gasteiger partial charge in [0.1, 0.15) is 5.82 Å². The number of hydrogen-bond donors (Lipinski definition) is 1. The van der Waals surface area contributed by atoms with E-state index in [0.717, 1.165) is 44.2 Å². The van der Waals surface area contributed by atoms with Gasteiger partial charge in [-0.05, 0) is 26.7 Å². The summed E-state index contributed by atoms with van der Waals surface area (Å²) in [6.07, 6.45) is 1.87. The van der Waals surface area contributed by atoms with E-state index in [4.69, 9.17) is 0 Å². The molecule has 1 aromatic rings. The van der Waals surface area contributed by atoms with E-state index >= 15 is 0 Å². The van der Waals surface area contributed by atoms with Crippen LogP contribution in [0.2, 0.25) is 0 Å². The molecule has 0 aromatic carbocycles. The third-order valence-corrected chi connectivity index (χ3v) is 3.44. The summed E-state index contributed by atoms with van der Waals surface area (Å²) >= 11 is 0. The number of nitrogens with zero attached hydrogens (tertiary/aromatic N) is 4. The first-order valence-corrected chi connectivity index (χ1v) is 6.62. The van der Waals surface area contributed by atoms with E-state index in [1.54, 1.807) is 0 Å². The van der Waals surface area contributed by atoms with Crippen LogP contribution in [0.1, 0.15) is 24.5 Å². The van der Waals surface area contributed by atoms with E-state index in [9.17, 15) is 0 Å². The van der Waals surface area contributed by atoms with Gasteiger partial charge in [-0.3, -0.25) is 4.90 Å². The number of likely N-dealkylation sites (N-methyl/N-ethyl adjacent to an activating group) is 2. The van der Waals surface area contributed by atoms with Crippen LogP contribution in [0, 0.1) is 0 Å². The molecule has 2 rings (SSSR count). The van der Waals surface area contributed by atoms with Crippen LogP contribution in [0.4, 0.5) is 0 Å². The second-order valence-corrected chi connectivity index (χ2v) is 4.95. The second-order valence-electron chi connectivity index (χ2n) is 4.95. The minimum absolute atomic E-state index is 0.310. The van der Waals surface area contributed by atoms with Crippen molar-refractivity contribution in [3.63, 3.8) is 0 Å². The Bertz CT molecular complexity index is 381. The topological polar surface area (TPSA) is 44.3 Å². The Morgan fingerprint density at radius 2 is 2.22 bits per heavy atom. The summed E-state index contributed by atoms with van der Waals surface area (Å²) in [6, 6.07) is 2.30. The first-order valence-electron chi connectivity index (χ1n) is 6.62. The molecule has 18 heavy (non-hydrogen) atoms.